The molecule has 9 nitrogen and oxygen atoms in total. The molecule has 0 aliphatic heterocycles. The summed E-state index contributed by atoms with van der Waals surface area (Å²) in [5.74, 6) is -1.69. The van der Waals surface area contributed by atoms with Crippen LogP contribution in [0.3, 0.4) is 0 Å². The number of carbonyl (C=O) groups excluding carboxylic acids is 3. The van der Waals surface area contributed by atoms with Crippen LogP contribution in [-0.4, -0.2) is 40.4 Å². The summed E-state index contributed by atoms with van der Waals surface area (Å²) in [7, 11) is 0. The Balaban J connectivity index is 2.04. The van der Waals surface area contributed by atoms with Crippen LogP contribution in [-0.2, 0) is 20.8 Å². The Morgan fingerprint density at radius 1 is 1.10 bits per heavy atom. The van der Waals surface area contributed by atoms with Gasteiger partial charge in [-0.3, -0.25) is 19.7 Å². The minimum absolute atomic E-state index is 0.0908. The lowest BCUT2D eigenvalue weighted by Crippen LogP contribution is -2.20. The van der Waals surface area contributed by atoms with Crippen LogP contribution in [0.15, 0.2) is 24.3 Å². The van der Waals surface area contributed by atoms with Gasteiger partial charge in [0.25, 0.3) is 5.69 Å². The lowest BCUT2D eigenvalue weighted by Gasteiger charge is -2.10. The monoisotopic (exact) mass is 402 g/mol. The van der Waals surface area contributed by atoms with Crippen LogP contribution in [0.25, 0.3) is 0 Å². The van der Waals surface area contributed by atoms with Gasteiger partial charge in [-0.05, 0) is 33.8 Å². The van der Waals surface area contributed by atoms with Crippen molar-refractivity contribution in [3.63, 3.8) is 0 Å². The number of nitrogens with zero attached hydrogens (tertiary/aromatic N) is 2. The van der Waals surface area contributed by atoms with Crippen LogP contribution in [0.1, 0.15) is 44.6 Å². The molecule has 0 radical (unpaired) electrons. The predicted octanol–water partition coefficient (Wildman–Crippen LogP) is 2.92. The van der Waals surface area contributed by atoms with Crippen molar-refractivity contribution in [1.82, 2.24) is 4.57 Å². The van der Waals surface area contributed by atoms with E-state index in [0.717, 1.165) is 6.07 Å². The number of nitro groups is 1. The van der Waals surface area contributed by atoms with Crippen molar-refractivity contribution in [2.75, 3.05) is 13.2 Å². The van der Waals surface area contributed by atoms with Crippen LogP contribution < -0.4 is 0 Å². The van der Waals surface area contributed by atoms with Crippen molar-refractivity contribution in [1.29, 1.82) is 0 Å². The second kappa shape index (κ2) is 9.13. The number of hydrogen-bond donors (Lipinski definition) is 0. The highest BCUT2D eigenvalue weighted by molar-refractivity contribution is 5.98. The average Bonchev–Trinajstić information content (AvgIpc) is 2.94. The quantitative estimate of drug-likeness (QED) is 0.288. The first-order valence-electron chi connectivity index (χ1n) is 8.93. The van der Waals surface area contributed by atoms with Gasteiger partial charge >= 0.3 is 11.9 Å². The minimum atomic E-state index is -0.669. The second-order valence-electron chi connectivity index (χ2n) is 6.43. The van der Waals surface area contributed by atoms with Gasteiger partial charge in [0.15, 0.2) is 6.61 Å². The number of benzene rings is 1. The SMILES string of the molecule is CCOC(=O)c1cc(C)n(CC(=O)OCC(=O)c2ccc(C)c([N+](=O)[O-])c2)c1C. The Bertz CT molecular complexity index is 975. The molecule has 0 saturated heterocycles. The molecule has 1 aromatic heterocycles. The Kier molecular flexibility index (Phi) is 6.87. The molecule has 0 aliphatic rings. The van der Waals surface area contributed by atoms with Crippen molar-refractivity contribution in [2.24, 2.45) is 0 Å². The van der Waals surface area contributed by atoms with E-state index >= 15 is 0 Å². The molecule has 0 N–H and O–H groups in total. The van der Waals surface area contributed by atoms with Gasteiger partial charge in [0.05, 0.1) is 17.1 Å². The lowest BCUT2D eigenvalue weighted by molar-refractivity contribution is -0.385. The molecular weight excluding hydrogens is 380 g/mol. The molecule has 0 spiro atoms. The number of nitro benzene ring substituents is 1. The van der Waals surface area contributed by atoms with Crippen molar-refractivity contribution in [3.8, 4) is 0 Å². The zero-order chi connectivity index (χ0) is 21.7. The summed E-state index contributed by atoms with van der Waals surface area (Å²) in [5.41, 5.74) is 1.93. The topological polar surface area (TPSA) is 118 Å². The van der Waals surface area contributed by atoms with Crippen molar-refractivity contribution in [2.45, 2.75) is 34.2 Å². The maximum Gasteiger partial charge on any atom is 0.339 e. The van der Waals surface area contributed by atoms with E-state index in [4.69, 9.17) is 9.47 Å². The van der Waals surface area contributed by atoms with E-state index in [1.54, 1.807) is 38.3 Å². The van der Waals surface area contributed by atoms with Crippen LogP contribution in [0, 0.1) is 30.9 Å². The molecule has 0 saturated carbocycles. The summed E-state index contributed by atoms with van der Waals surface area (Å²) >= 11 is 0. The molecule has 0 aliphatic carbocycles. The number of hydrogen-bond acceptors (Lipinski definition) is 7. The fourth-order valence-electron chi connectivity index (χ4n) is 2.84. The van der Waals surface area contributed by atoms with Gasteiger partial charge in [-0.25, -0.2) is 4.79 Å². The van der Waals surface area contributed by atoms with E-state index < -0.39 is 29.3 Å². The van der Waals surface area contributed by atoms with Gasteiger partial charge in [-0.2, -0.15) is 0 Å². The number of Topliss-reactive ketones (excluding diaryl/α,β-unsaturated/α-hetero) is 1. The molecular formula is C20H22N2O7. The van der Waals surface area contributed by atoms with E-state index in [0.29, 0.717) is 22.5 Å². The first-order valence-corrected chi connectivity index (χ1v) is 8.93. The van der Waals surface area contributed by atoms with E-state index in [1.807, 2.05) is 0 Å². The summed E-state index contributed by atoms with van der Waals surface area (Å²) in [6, 6.07) is 5.70. The van der Waals surface area contributed by atoms with Crippen LogP contribution in [0.4, 0.5) is 5.69 Å². The largest absolute Gasteiger partial charge is 0.462 e. The van der Waals surface area contributed by atoms with Gasteiger partial charge in [0.2, 0.25) is 5.78 Å². The van der Waals surface area contributed by atoms with E-state index in [9.17, 15) is 24.5 Å². The summed E-state index contributed by atoms with van der Waals surface area (Å²) in [6.45, 7) is 6.21. The third-order valence-electron chi connectivity index (χ3n) is 4.45. The molecule has 1 heterocycles. The maximum absolute atomic E-state index is 12.2. The van der Waals surface area contributed by atoms with Crippen LogP contribution in [0.2, 0.25) is 0 Å². The lowest BCUT2D eigenvalue weighted by atomic mass is 10.1. The summed E-state index contributed by atoms with van der Waals surface area (Å²) in [5, 5.41) is 11.0. The molecule has 1 aromatic carbocycles. The predicted molar refractivity (Wildman–Crippen MR) is 103 cm³/mol. The molecule has 0 bridgehead atoms. The zero-order valence-corrected chi connectivity index (χ0v) is 16.7. The third kappa shape index (κ3) is 5.07. The number of ether oxygens (including phenoxy) is 2. The number of carbonyl (C=O) groups is 3. The number of esters is 2. The minimum Gasteiger partial charge on any atom is -0.462 e. The maximum atomic E-state index is 12.2. The molecule has 0 unspecified atom stereocenters. The van der Waals surface area contributed by atoms with Gasteiger partial charge in [0.1, 0.15) is 6.54 Å². The Labute approximate surface area is 167 Å². The summed E-state index contributed by atoms with van der Waals surface area (Å²) < 4.78 is 11.6. The normalized spacial score (nSPS) is 10.5. The average molecular weight is 402 g/mol. The Morgan fingerprint density at radius 2 is 1.79 bits per heavy atom. The first-order chi connectivity index (χ1) is 13.6. The standard InChI is InChI=1S/C20H22N2O7/c1-5-28-20(25)16-8-13(3)21(14(16)4)10-19(24)29-11-18(23)15-7-6-12(2)17(9-15)22(26)27/h6-9H,5,10-11H2,1-4H3. The fraction of sp³-hybridized carbons (Fsp3) is 0.350. The number of rotatable bonds is 8. The summed E-state index contributed by atoms with van der Waals surface area (Å²) in [4.78, 5) is 46.8. The molecule has 0 fully saturated rings. The first kappa shape index (κ1) is 21.8. The number of ketones is 1. The molecule has 0 atom stereocenters. The van der Waals surface area contributed by atoms with Crippen molar-refractivity contribution in [3.05, 3.63) is 62.5 Å². The molecule has 2 rings (SSSR count). The van der Waals surface area contributed by atoms with Crippen LogP contribution >= 0.6 is 0 Å². The Morgan fingerprint density at radius 3 is 2.41 bits per heavy atom. The molecule has 9 heteroatoms. The smallest absolute Gasteiger partial charge is 0.339 e. The van der Waals surface area contributed by atoms with Crippen LogP contribution in [0.5, 0.6) is 0 Å². The molecule has 29 heavy (non-hydrogen) atoms. The molecule has 2 aromatic rings. The van der Waals surface area contributed by atoms with Gasteiger partial charge < -0.3 is 14.0 Å². The van der Waals surface area contributed by atoms with E-state index in [2.05, 4.69) is 0 Å². The summed E-state index contributed by atoms with van der Waals surface area (Å²) in [6.07, 6.45) is 0. The highest BCUT2D eigenvalue weighted by Gasteiger charge is 2.20. The van der Waals surface area contributed by atoms with Crippen molar-refractivity contribution < 1.29 is 28.8 Å². The molecule has 154 valence electrons. The third-order valence-corrected chi connectivity index (χ3v) is 4.45. The Hall–Kier alpha value is -3.49. The fourth-order valence-corrected chi connectivity index (χ4v) is 2.84. The number of aryl methyl sites for hydroxylation is 2. The highest BCUT2D eigenvalue weighted by Crippen LogP contribution is 2.20. The van der Waals surface area contributed by atoms with Crippen molar-refractivity contribution >= 4 is 23.4 Å². The van der Waals surface area contributed by atoms with E-state index in [-0.39, 0.29) is 24.4 Å². The zero-order valence-electron chi connectivity index (χ0n) is 16.7. The second-order valence-corrected chi connectivity index (χ2v) is 6.43. The molecule has 0 amide bonds. The highest BCUT2D eigenvalue weighted by atomic mass is 16.6. The van der Waals surface area contributed by atoms with Gasteiger partial charge in [0, 0.05) is 28.6 Å². The van der Waals surface area contributed by atoms with E-state index in [1.165, 1.54) is 12.1 Å². The number of aromatic nitrogens is 1. The van der Waals surface area contributed by atoms with Gasteiger partial charge in [-0.1, -0.05) is 12.1 Å². The van der Waals surface area contributed by atoms with Gasteiger partial charge in [-0.15, -0.1) is 0 Å².